The van der Waals surface area contributed by atoms with E-state index < -0.39 is 0 Å². The average Bonchev–Trinajstić information content (AvgIpc) is 2.17. The molecular weight excluding hydrogens is 293 g/mol. The normalized spacial score (nSPS) is 9.62. The molecule has 0 atom stereocenters. The molecule has 16 heavy (non-hydrogen) atoms. The number of ether oxygens (including phenoxy) is 1. The summed E-state index contributed by atoms with van der Waals surface area (Å²) in [6.07, 6.45) is 0.0515. The van der Waals surface area contributed by atoms with Crippen LogP contribution >= 0.6 is 27.5 Å². The minimum absolute atomic E-state index is 0.0515. The lowest BCUT2D eigenvalue weighted by Crippen LogP contribution is -2.08. The van der Waals surface area contributed by atoms with Gasteiger partial charge in [0.15, 0.2) is 0 Å². The third-order valence-corrected chi connectivity index (χ3v) is 2.73. The monoisotopic (exact) mass is 301 g/mol. The van der Waals surface area contributed by atoms with Gasteiger partial charge in [0, 0.05) is 9.50 Å². The molecule has 84 valence electrons. The van der Waals surface area contributed by atoms with Crippen molar-refractivity contribution < 1.29 is 9.53 Å². The van der Waals surface area contributed by atoms with Gasteiger partial charge in [0.2, 0.25) is 0 Å². The second-order valence-electron chi connectivity index (χ2n) is 3.02. The number of hydrogen-bond donors (Lipinski definition) is 0. The van der Waals surface area contributed by atoms with Crippen molar-refractivity contribution in [3.8, 4) is 6.07 Å². The Labute approximate surface area is 107 Å². The maximum Gasteiger partial charge on any atom is 0.310 e. The minimum Gasteiger partial charge on any atom is -0.466 e. The van der Waals surface area contributed by atoms with Crippen molar-refractivity contribution in [3.05, 3.63) is 32.8 Å². The Hall–Kier alpha value is -1.05. The van der Waals surface area contributed by atoms with E-state index in [9.17, 15) is 4.79 Å². The molecule has 0 aliphatic rings. The molecule has 1 aromatic carbocycles. The van der Waals surface area contributed by atoms with Crippen LogP contribution in [0.5, 0.6) is 0 Å². The fourth-order valence-electron chi connectivity index (χ4n) is 1.26. The molecule has 0 unspecified atom stereocenters. The number of nitrogens with zero attached hydrogens (tertiary/aromatic N) is 1. The molecule has 0 fully saturated rings. The summed E-state index contributed by atoms with van der Waals surface area (Å²) in [5, 5.41) is 9.43. The lowest BCUT2D eigenvalue weighted by atomic mass is 10.1. The number of rotatable bonds is 3. The number of carbonyl (C=O) groups excluding carboxylic acids is 1. The van der Waals surface area contributed by atoms with Crippen molar-refractivity contribution in [2.24, 2.45) is 0 Å². The molecule has 1 aromatic rings. The van der Waals surface area contributed by atoms with Gasteiger partial charge in [-0.05, 0) is 40.5 Å². The van der Waals surface area contributed by atoms with E-state index in [0.717, 1.165) is 0 Å². The highest BCUT2D eigenvalue weighted by Gasteiger charge is 2.12. The Balaban J connectivity index is 3.04. The van der Waals surface area contributed by atoms with Gasteiger partial charge >= 0.3 is 5.97 Å². The minimum atomic E-state index is -0.367. The Morgan fingerprint density at radius 3 is 2.88 bits per heavy atom. The molecule has 5 heteroatoms. The van der Waals surface area contributed by atoms with Crippen LogP contribution in [0, 0.1) is 11.3 Å². The molecule has 0 amide bonds. The van der Waals surface area contributed by atoms with Crippen molar-refractivity contribution in [2.75, 3.05) is 6.61 Å². The number of benzene rings is 1. The van der Waals surface area contributed by atoms with Crippen molar-refractivity contribution >= 4 is 33.5 Å². The van der Waals surface area contributed by atoms with E-state index >= 15 is 0 Å². The zero-order valence-corrected chi connectivity index (χ0v) is 10.9. The zero-order valence-electron chi connectivity index (χ0n) is 8.59. The highest BCUT2D eigenvalue weighted by molar-refractivity contribution is 9.10. The number of nitriles is 1. The van der Waals surface area contributed by atoms with Gasteiger partial charge in [0.1, 0.15) is 6.07 Å². The lowest BCUT2D eigenvalue weighted by Gasteiger charge is -2.06. The summed E-state index contributed by atoms with van der Waals surface area (Å²) in [5.74, 6) is -0.367. The smallest absolute Gasteiger partial charge is 0.310 e. The first-order chi connectivity index (χ1) is 7.58. The van der Waals surface area contributed by atoms with Crippen LogP contribution in [0.15, 0.2) is 16.6 Å². The van der Waals surface area contributed by atoms with E-state index in [1.807, 2.05) is 6.07 Å². The van der Waals surface area contributed by atoms with Crippen LogP contribution in [0.3, 0.4) is 0 Å². The average molecular weight is 303 g/mol. The van der Waals surface area contributed by atoms with Gasteiger partial charge in [-0.15, -0.1) is 0 Å². The molecule has 1 rings (SSSR count). The fourth-order valence-corrected chi connectivity index (χ4v) is 2.22. The first kappa shape index (κ1) is 13.0. The lowest BCUT2D eigenvalue weighted by molar-refractivity contribution is -0.142. The molecule has 0 saturated heterocycles. The standard InChI is InChI=1S/C11H9BrClNO2/c1-2-16-11(15)4-7-3-8(13)5-10(12)9(7)6-14/h3,5H,2,4H2,1H3. The zero-order chi connectivity index (χ0) is 12.1. The first-order valence-electron chi connectivity index (χ1n) is 4.62. The summed E-state index contributed by atoms with van der Waals surface area (Å²) in [6, 6.07) is 5.24. The molecule has 0 N–H and O–H groups in total. The van der Waals surface area contributed by atoms with E-state index in [2.05, 4.69) is 15.9 Å². The van der Waals surface area contributed by atoms with Gasteiger partial charge in [-0.1, -0.05) is 11.6 Å². The summed E-state index contributed by atoms with van der Waals surface area (Å²) in [5.41, 5.74) is 0.984. The number of carbonyl (C=O) groups is 1. The summed E-state index contributed by atoms with van der Waals surface area (Å²) < 4.78 is 5.40. The van der Waals surface area contributed by atoms with Gasteiger partial charge in [-0.3, -0.25) is 4.79 Å². The molecular formula is C11H9BrClNO2. The Morgan fingerprint density at radius 1 is 1.62 bits per heavy atom. The van der Waals surface area contributed by atoms with Crippen LogP contribution in [-0.4, -0.2) is 12.6 Å². The van der Waals surface area contributed by atoms with E-state index in [-0.39, 0.29) is 12.4 Å². The maximum atomic E-state index is 11.3. The molecule has 0 bridgehead atoms. The Morgan fingerprint density at radius 2 is 2.31 bits per heavy atom. The molecule has 0 aliphatic carbocycles. The Bertz CT molecular complexity index is 454. The van der Waals surface area contributed by atoms with Gasteiger partial charge in [-0.25, -0.2) is 0 Å². The van der Waals surface area contributed by atoms with Crippen molar-refractivity contribution in [1.82, 2.24) is 0 Å². The molecule has 0 saturated carbocycles. The molecule has 0 aromatic heterocycles. The van der Waals surface area contributed by atoms with E-state index in [0.29, 0.717) is 27.2 Å². The van der Waals surface area contributed by atoms with Gasteiger partial charge < -0.3 is 4.74 Å². The summed E-state index contributed by atoms with van der Waals surface area (Å²) in [6.45, 7) is 2.06. The largest absolute Gasteiger partial charge is 0.466 e. The van der Waals surface area contributed by atoms with Crippen molar-refractivity contribution in [1.29, 1.82) is 5.26 Å². The number of hydrogen-bond acceptors (Lipinski definition) is 3. The number of halogens is 2. The maximum absolute atomic E-state index is 11.3. The summed E-state index contributed by atoms with van der Waals surface area (Å²) in [4.78, 5) is 11.3. The van der Waals surface area contributed by atoms with Crippen LogP contribution in [0.25, 0.3) is 0 Å². The van der Waals surface area contributed by atoms with Crippen molar-refractivity contribution in [2.45, 2.75) is 13.3 Å². The van der Waals surface area contributed by atoms with Crippen LogP contribution < -0.4 is 0 Å². The molecule has 0 radical (unpaired) electrons. The second-order valence-corrected chi connectivity index (χ2v) is 4.31. The van der Waals surface area contributed by atoms with Crippen LogP contribution in [0.4, 0.5) is 0 Å². The molecule has 3 nitrogen and oxygen atoms in total. The number of esters is 1. The highest BCUT2D eigenvalue weighted by Crippen LogP contribution is 2.25. The Kier molecular flexibility index (Phi) is 4.78. The predicted molar refractivity (Wildman–Crippen MR) is 64.2 cm³/mol. The second kappa shape index (κ2) is 5.88. The van der Waals surface area contributed by atoms with Crippen molar-refractivity contribution in [3.63, 3.8) is 0 Å². The highest BCUT2D eigenvalue weighted by atomic mass is 79.9. The molecule has 0 spiro atoms. The third-order valence-electron chi connectivity index (χ3n) is 1.89. The SMILES string of the molecule is CCOC(=O)Cc1cc(Cl)cc(Br)c1C#N. The van der Waals surface area contributed by atoms with Gasteiger partial charge in [0.05, 0.1) is 18.6 Å². The summed E-state index contributed by atoms with van der Waals surface area (Å²) in [7, 11) is 0. The molecule has 0 heterocycles. The fraction of sp³-hybridized carbons (Fsp3) is 0.273. The molecule has 0 aliphatic heterocycles. The van der Waals surface area contributed by atoms with E-state index in [1.54, 1.807) is 19.1 Å². The van der Waals surface area contributed by atoms with E-state index in [4.69, 9.17) is 21.6 Å². The topological polar surface area (TPSA) is 50.1 Å². The third kappa shape index (κ3) is 3.22. The van der Waals surface area contributed by atoms with Crippen LogP contribution in [0.2, 0.25) is 5.02 Å². The van der Waals surface area contributed by atoms with Crippen LogP contribution in [0.1, 0.15) is 18.1 Å². The summed E-state index contributed by atoms with van der Waals surface area (Å²) >= 11 is 9.08. The predicted octanol–water partition coefficient (Wildman–Crippen LogP) is 3.08. The van der Waals surface area contributed by atoms with E-state index in [1.165, 1.54) is 0 Å². The quantitative estimate of drug-likeness (QED) is 0.806. The van der Waals surface area contributed by atoms with Crippen LogP contribution in [-0.2, 0) is 16.0 Å². The first-order valence-corrected chi connectivity index (χ1v) is 5.79. The van der Waals surface area contributed by atoms with Gasteiger partial charge in [0.25, 0.3) is 0 Å². The van der Waals surface area contributed by atoms with Gasteiger partial charge in [-0.2, -0.15) is 5.26 Å².